The van der Waals surface area contributed by atoms with Crippen LogP contribution in [0.2, 0.25) is 0 Å². The van der Waals surface area contributed by atoms with E-state index in [4.69, 9.17) is 0 Å². The van der Waals surface area contributed by atoms with Crippen molar-refractivity contribution in [2.24, 2.45) is 5.41 Å². The Hall–Kier alpha value is -2.67. The van der Waals surface area contributed by atoms with E-state index in [1.165, 1.54) is 0 Å². The van der Waals surface area contributed by atoms with Crippen LogP contribution in [0.3, 0.4) is 0 Å². The molecule has 6 nitrogen and oxygen atoms in total. The molecule has 7 heteroatoms. The van der Waals surface area contributed by atoms with Gasteiger partial charge in [-0.15, -0.1) is 0 Å². The van der Waals surface area contributed by atoms with E-state index in [1.807, 2.05) is 49.7 Å². The highest BCUT2D eigenvalue weighted by Gasteiger charge is 2.40. The molecule has 1 fully saturated rings. The minimum absolute atomic E-state index is 0.0268. The van der Waals surface area contributed by atoms with Gasteiger partial charge in [0.05, 0.1) is 17.8 Å². The summed E-state index contributed by atoms with van der Waals surface area (Å²) in [5.74, 6) is -0.379. The molecule has 3 heterocycles. The molecule has 1 aromatic heterocycles. The number of amides is 3. The van der Waals surface area contributed by atoms with Crippen LogP contribution in [0.1, 0.15) is 37.6 Å². The van der Waals surface area contributed by atoms with E-state index in [1.54, 1.807) is 27.2 Å². The molecule has 152 valence electrons. The van der Waals surface area contributed by atoms with E-state index in [2.05, 4.69) is 5.32 Å². The summed E-state index contributed by atoms with van der Waals surface area (Å²) in [6, 6.07) is 6.89. The van der Waals surface area contributed by atoms with Gasteiger partial charge in [0.25, 0.3) is 5.91 Å². The molecular formula is C22H25N3O3S. The predicted octanol–water partition coefficient (Wildman–Crippen LogP) is 3.46. The maximum atomic E-state index is 13.3. The van der Waals surface area contributed by atoms with Crippen molar-refractivity contribution in [3.8, 4) is 11.1 Å². The second kappa shape index (κ2) is 7.30. The SMILES string of the molecule is CC(C)(C)CC(=O)N1CCN2C(=O)c3cc(-c4ccsc4)ccc3NC(=O)[C@H]2C1. The maximum Gasteiger partial charge on any atom is 0.256 e. The minimum atomic E-state index is -0.669. The molecule has 0 aliphatic carbocycles. The summed E-state index contributed by atoms with van der Waals surface area (Å²) in [5, 5.41) is 6.92. The van der Waals surface area contributed by atoms with Crippen LogP contribution < -0.4 is 5.32 Å². The smallest absolute Gasteiger partial charge is 0.256 e. The zero-order valence-corrected chi connectivity index (χ0v) is 17.7. The van der Waals surface area contributed by atoms with Gasteiger partial charge in [0, 0.05) is 19.5 Å². The van der Waals surface area contributed by atoms with Crippen molar-refractivity contribution in [1.82, 2.24) is 9.80 Å². The number of piperazine rings is 1. The molecule has 1 saturated heterocycles. The van der Waals surface area contributed by atoms with Gasteiger partial charge < -0.3 is 15.1 Å². The first-order valence-electron chi connectivity index (χ1n) is 9.79. The Morgan fingerprint density at radius 1 is 1.17 bits per heavy atom. The second-order valence-electron chi connectivity index (χ2n) is 8.85. The fourth-order valence-electron chi connectivity index (χ4n) is 3.85. The topological polar surface area (TPSA) is 69.7 Å². The summed E-state index contributed by atoms with van der Waals surface area (Å²) in [4.78, 5) is 42.1. The lowest BCUT2D eigenvalue weighted by atomic mass is 9.91. The zero-order chi connectivity index (χ0) is 20.8. The van der Waals surface area contributed by atoms with Gasteiger partial charge in [0.1, 0.15) is 6.04 Å². The Labute approximate surface area is 174 Å². The Kier molecular flexibility index (Phi) is 4.94. The number of nitrogens with one attached hydrogen (secondary N) is 1. The van der Waals surface area contributed by atoms with Crippen LogP contribution in [0.4, 0.5) is 5.69 Å². The third-order valence-electron chi connectivity index (χ3n) is 5.34. The van der Waals surface area contributed by atoms with E-state index >= 15 is 0 Å². The number of rotatable bonds is 2. The number of carbonyl (C=O) groups excluding carboxylic acids is 3. The summed E-state index contributed by atoms with van der Waals surface area (Å²) >= 11 is 1.60. The number of hydrogen-bond acceptors (Lipinski definition) is 4. The number of fused-ring (bicyclic) bond motifs is 2. The fourth-order valence-corrected chi connectivity index (χ4v) is 4.52. The standard InChI is InChI=1S/C22H25N3O3S/c1-22(2,3)11-19(26)24-7-8-25-18(12-24)20(27)23-17-5-4-14(10-16(17)21(25)28)15-6-9-29-13-15/h4-6,9-10,13,18H,7-8,11-12H2,1-3H3,(H,23,27)/t18-/m1/s1. The van der Waals surface area contributed by atoms with Crippen molar-refractivity contribution in [2.45, 2.75) is 33.2 Å². The Bertz CT molecular complexity index is 962. The fraction of sp³-hybridized carbons (Fsp3) is 0.409. The first-order valence-corrected chi connectivity index (χ1v) is 10.7. The normalized spacial score (nSPS) is 19.3. The van der Waals surface area contributed by atoms with Crippen LogP contribution in [0.5, 0.6) is 0 Å². The molecule has 4 rings (SSSR count). The lowest BCUT2D eigenvalue weighted by Crippen LogP contribution is -2.59. The summed E-state index contributed by atoms with van der Waals surface area (Å²) < 4.78 is 0. The van der Waals surface area contributed by atoms with Crippen molar-refractivity contribution >= 4 is 34.7 Å². The molecule has 0 unspecified atom stereocenters. The van der Waals surface area contributed by atoms with Gasteiger partial charge in [0.15, 0.2) is 0 Å². The van der Waals surface area contributed by atoms with Crippen molar-refractivity contribution in [1.29, 1.82) is 0 Å². The van der Waals surface area contributed by atoms with Crippen LogP contribution in [-0.2, 0) is 9.59 Å². The predicted molar refractivity (Wildman–Crippen MR) is 114 cm³/mol. The highest BCUT2D eigenvalue weighted by molar-refractivity contribution is 7.08. The molecule has 2 aliphatic heterocycles. The number of anilines is 1. The van der Waals surface area contributed by atoms with Crippen LogP contribution in [0.15, 0.2) is 35.0 Å². The van der Waals surface area contributed by atoms with E-state index in [-0.39, 0.29) is 29.7 Å². The van der Waals surface area contributed by atoms with Crippen LogP contribution in [-0.4, -0.2) is 53.2 Å². The quantitative estimate of drug-likeness (QED) is 0.823. The zero-order valence-electron chi connectivity index (χ0n) is 16.9. The van der Waals surface area contributed by atoms with Crippen molar-refractivity contribution in [3.63, 3.8) is 0 Å². The molecular weight excluding hydrogens is 386 g/mol. The third-order valence-corrected chi connectivity index (χ3v) is 6.02. The first-order chi connectivity index (χ1) is 13.7. The summed E-state index contributed by atoms with van der Waals surface area (Å²) in [7, 11) is 0. The second-order valence-corrected chi connectivity index (χ2v) is 9.63. The van der Waals surface area contributed by atoms with E-state index in [9.17, 15) is 14.4 Å². The number of benzene rings is 1. The summed E-state index contributed by atoms with van der Waals surface area (Å²) in [6.07, 6.45) is 0.416. The van der Waals surface area contributed by atoms with Crippen LogP contribution in [0.25, 0.3) is 11.1 Å². The van der Waals surface area contributed by atoms with E-state index in [0.29, 0.717) is 30.8 Å². The average molecular weight is 412 g/mol. The highest BCUT2D eigenvalue weighted by atomic mass is 32.1. The van der Waals surface area contributed by atoms with E-state index in [0.717, 1.165) is 11.1 Å². The van der Waals surface area contributed by atoms with Gasteiger partial charge in [-0.1, -0.05) is 26.8 Å². The average Bonchev–Trinajstić information content (AvgIpc) is 3.17. The van der Waals surface area contributed by atoms with Crippen LogP contribution in [0, 0.1) is 5.41 Å². The lowest BCUT2D eigenvalue weighted by molar-refractivity contribution is -0.137. The monoisotopic (exact) mass is 411 g/mol. The van der Waals surface area contributed by atoms with Gasteiger partial charge in [0.2, 0.25) is 11.8 Å². The molecule has 0 spiro atoms. The molecule has 0 bridgehead atoms. The molecule has 0 saturated carbocycles. The molecule has 29 heavy (non-hydrogen) atoms. The van der Waals surface area contributed by atoms with Gasteiger partial charge in [-0.05, 0) is 45.5 Å². The Morgan fingerprint density at radius 3 is 2.66 bits per heavy atom. The molecule has 1 aromatic carbocycles. The van der Waals surface area contributed by atoms with Gasteiger partial charge in [-0.25, -0.2) is 0 Å². The molecule has 0 radical (unpaired) electrons. The molecule has 2 aliphatic rings. The van der Waals surface area contributed by atoms with Crippen LogP contribution >= 0.6 is 11.3 Å². The largest absolute Gasteiger partial charge is 0.338 e. The number of carbonyl (C=O) groups is 3. The third kappa shape index (κ3) is 3.92. The summed E-state index contributed by atoms with van der Waals surface area (Å²) in [5.41, 5.74) is 2.91. The molecule has 1 N–H and O–H groups in total. The number of hydrogen-bond donors (Lipinski definition) is 1. The van der Waals surface area contributed by atoms with Crippen molar-refractivity contribution < 1.29 is 14.4 Å². The summed E-state index contributed by atoms with van der Waals surface area (Å²) in [6.45, 7) is 7.09. The van der Waals surface area contributed by atoms with Gasteiger partial charge in [-0.2, -0.15) is 11.3 Å². The first kappa shape index (κ1) is 19.6. The van der Waals surface area contributed by atoms with Gasteiger partial charge in [-0.3, -0.25) is 14.4 Å². The lowest BCUT2D eigenvalue weighted by Gasteiger charge is -2.40. The number of nitrogens with zero attached hydrogens (tertiary/aromatic N) is 2. The van der Waals surface area contributed by atoms with E-state index < -0.39 is 6.04 Å². The van der Waals surface area contributed by atoms with Crippen molar-refractivity contribution in [3.05, 3.63) is 40.6 Å². The highest BCUT2D eigenvalue weighted by Crippen LogP contribution is 2.31. The Balaban J connectivity index is 1.60. The molecule has 1 atom stereocenters. The molecule has 2 aromatic rings. The maximum absolute atomic E-state index is 13.3. The van der Waals surface area contributed by atoms with Crippen molar-refractivity contribution in [2.75, 3.05) is 25.0 Å². The van der Waals surface area contributed by atoms with Gasteiger partial charge >= 0.3 is 0 Å². The number of thiophene rings is 1. The Morgan fingerprint density at radius 2 is 1.97 bits per heavy atom. The minimum Gasteiger partial charge on any atom is -0.338 e. The molecule has 3 amide bonds.